The second kappa shape index (κ2) is 28.2. The molecule has 0 saturated carbocycles. The van der Waals surface area contributed by atoms with Crippen molar-refractivity contribution in [3.05, 3.63) is 104 Å². The average Bonchev–Trinajstić information content (AvgIpc) is 4.05. The number of benzene rings is 3. The fourth-order valence-electron chi connectivity index (χ4n) is 5.34. The van der Waals surface area contributed by atoms with Crippen LogP contribution in [-0.2, 0) is 46.2 Å². The van der Waals surface area contributed by atoms with Gasteiger partial charge < -0.3 is 14.2 Å². The number of alkyl halides is 10. The molecule has 0 aliphatic carbocycles. The maximum atomic E-state index is 13.2. The predicted octanol–water partition coefficient (Wildman–Crippen LogP) is 15.9. The molecule has 3 heterocycles. The zero-order chi connectivity index (χ0) is 55.0. The third-order valence-electron chi connectivity index (χ3n) is 9.41. The predicted molar refractivity (Wildman–Crippen MR) is 284 cm³/mol. The minimum Gasteiger partial charge on any atom is -0.366 e. The summed E-state index contributed by atoms with van der Waals surface area (Å²) in [4.78, 5) is 10.7. The molecular weight excluding hydrogens is 1240 g/mol. The first-order valence-electron chi connectivity index (χ1n) is 22.3. The largest absolute Gasteiger partial charge is 0.453 e. The molecule has 6 aromatic rings. The number of aromatic nitrogens is 9. The van der Waals surface area contributed by atoms with E-state index in [0.717, 1.165) is 41.5 Å². The molecule has 0 bridgehead atoms. The van der Waals surface area contributed by atoms with Crippen LogP contribution < -0.4 is 0 Å². The highest BCUT2D eigenvalue weighted by atomic mass is 79.9. The molecule has 28 heteroatoms. The first-order valence-corrected chi connectivity index (χ1v) is 36.3. The second-order valence-electron chi connectivity index (χ2n) is 19.6. The van der Waals surface area contributed by atoms with Crippen LogP contribution in [0, 0.1) is 0 Å². The van der Waals surface area contributed by atoms with E-state index in [9.17, 15) is 39.5 Å². The van der Waals surface area contributed by atoms with Gasteiger partial charge in [0.1, 0.15) is 19.5 Å². The van der Waals surface area contributed by atoms with Gasteiger partial charge in [-0.2, -0.15) is 44.6 Å². The van der Waals surface area contributed by atoms with Gasteiger partial charge in [-0.1, -0.05) is 155 Å². The highest BCUT2D eigenvalue weighted by Gasteiger charge is 2.39. The number of halogens is 13. The molecule has 12 nitrogen and oxygen atoms in total. The summed E-state index contributed by atoms with van der Waals surface area (Å²) >= 11 is 15.1. The Hall–Kier alpha value is -3.29. The Kier molecular flexibility index (Phi) is 24.7. The van der Waals surface area contributed by atoms with E-state index in [1.807, 2.05) is 5.10 Å². The monoisotopic (exact) mass is 1300 g/mol. The number of ether oxygens (including phenoxy) is 3. The summed E-state index contributed by atoms with van der Waals surface area (Å²) in [6.07, 6.45) is -13.7. The van der Waals surface area contributed by atoms with Crippen LogP contribution in [0.3, 0.4) is 0 Å². The number of aromatic amines is 1. The van der Waals surface area contributed by atoms with Crippen molar-refractivity contribution < 1.29 is 53.7 Å². The molecule has 404 valence electrons. The van der Waals surface area contributed by atoms with Gasteiger partial charge in [-0.25, -0.2) is 24.3 Å². The third kappa shape index (κ3) is 24.5. The molecule has 0 fully saturated rings. The van der Waals surface area contributed by atoms with E-state index in [0.29, 0.717) is 36.0 Å². The van der Waals surface area contributed by atoms with Gasteiger partial charge in [0.05, 0.1) is 0 Å². The zero-order valence-electron chi connectivity index (χ0n) is 41.5. The van der Waals surface area contributed by atoms with Crippen molar-refractivity contribution in [2.45, 2.75) is 109 Å². The summed E-state index contributed by atoms with van der Waals surface area (Å²) in [5, 5.41) is 12.9. The Morgan fingerprint density at radius 2 is 0.918 bits per heavy atom. The first-order chi connectivity index (χ1) is 33.6. The highest BCUT2D eigenvalue weighted by molar-refractivity contribution is 9.11. The number of H-pyrrole nitrogens is 1. The fraction of sp³-hybridized carbons (Fsp3) is 0.467. The maximum Gasteiger partial charge on any atom is 0.453 e. The molecule has 0 amide bonds. The topological polar surface area (TPSA) is 131 Å². The van der Waals surface area contributed by atoms with E-state index >= 15 is 0 Å². The van der Waals surface area contributed by atoms with Crippen LogP contribution in [0.5, 0.6) is 0 Å². The van der Waals surface area contributed by atoms with Gasteiger partial charge in [0.15, 0.2) is 17.5 Å². The summed E-state index contributed by atoms with van der Waals surface area (Å²) in [7, 11) is -3.43. The van der Waals surface area contributed by atoms with Gasteiger partial charge in [-0.3, -0.25) is 5.10 Å². The molecule has 0 unspecified atom stereocenters. The molecule has 73 heavy (non-hydrogen) atoms. The molecule has 0 atom stereocenters. The van der Waals surface area contributed by atoms with Gasteiger partial charge in [-0.15, -0.1) is 10.2 Å². The number of nitrogens with zero attached hydrogens (tertiary/aromatic N) is 8. The highest BCUT2D eigenvalue weighted by Crippen LogP contribution is 2.32. The van der Waals surface area contributed by atoms with Crippen molar-refractivity contribution in [3.8, 4) is 34.2 Å². The summed E-state index contributed by atoms with van der Waals surface area (Å²) in [5.41, 5.74) is 1.59. The van der Waals surface area contributed by atoms with Crippen molar-refractivity contribution in [2.75, 3.05) is 25.9 Å². The molecule has 1 N–H and O–H groups in total. The van der Waals surface area contributed by atoms with Crippen LogP contribution in [0.4, 0.5) is 39.5 Å². The first kappa shape index (κ1) is 64.0. The average molecular weight is 1300 g/mol. The number of rotatable bonds is 17. The normalized spacial score (nSPS) is 12.4. The Morgan fingerprint density at radius 1 is 0.507 bits per heavy atom. The van der Waals surface area contributed by atoms with Gasteiger partial charge >= 0.3 is 18.5 Å². The summed E-state index contributed by atoms with van der Waals surface area (Å²) in [6.45, 7) is 21.6. The van der Waals surface area contributed by atoms with Crippen molar-refractivity contribution in [1.29, 1.82) is 0 Å². The lowest BCUT2D eigenvalue weighted by Crippen LogP contribution is -2.23. The van der Waals surface area contributed by atoms with Gasteiger partial charge in [0.2, 0.25) is 11.6 Å². The standard InChI is InChI=1S/2C15H19BrF3N3OSi.C9H5BrF3N3.C6H15ClOSi/c1-24(2,3)9-8-23-10-22-13(11-4-6-12(16)7-5-11)20-14(21-22)15(17,18)19;1-24(2,3)9-8-23-10-22-14(15(17,18)19)20-13(21-22)11-4-6-12(16)7-5-11;10-6-3-1-5(2-4-6)7-14-8(16-15-7)9(11,12)13;1-9(2,3)5-4-8-6-7/h2*4-7H,8-10H2,1-3H3;1-4H,(H,14,15,16);4-6H2,1-3H3. The zero-order valence-corrected chi connectivity index (χ0v) is 50.0. The smallest absolute Gasteiger partial charge is 0.366 e. The number of nitrogens with one attached hydrogen (secondary N) is 1. The molecule has 0 aliphatic heterocycles. The minimum atomic E-state index is -4.59. The lowest BCUT2D eigenvalue weighted by Gasteiger charge is -2.15. The van der Waals surface area contributed by atoms with Gasteiger partial charge in [0.25, 0.3) is 5.82 Å². The lowest BCUT2D eigenvalue weighted by molar-refractivity contribution is -0.150. The van der Waals surface area contributed by atoms with E-state index < -0.39 is 60.2 Å². The summed E-state index contributed by atoms with van der Waals surface area (Å²) in [5.74, 6) is -3.10. The molecule has 3 aromatic heterocycles. The molecule has 0 aliphatic rings. The second-order valence-corrected chi connectivity index (χ2v) is 39.4. The molecule has 0 spiro atoms. The number of hydrogen-bond donors (Lipinski definition) is 1. The molecule has 6 rings (SSSR count). The van der Waals surface area contributed by atoms with Crippen LogP contribution in [0.15, 0.2) is 86.2 Å². The van der Waals surface area contributed by atoms with Gasteiger partial charge in [0, 0.05) is 74.2 Å². The molecular formula is C45H58Br3ClF9N9O3Si3. The third-order valence-corrected chi connectivity index (χ3v) is 16.3. The fourth-order valence-corrected chi connectivity index (χ4v) is 8.51. The molecule has 0 saturated heterocycles. The number of hydrogen-bond acceptors (Lipinski definition) is 9. The maximum absolute atomic E-state index is 13.2. The van der Waals surface area contributed by atoms with Crippen LogP contribution in [0.25, 0.3) is 34.2 Å². The van der Waals surface area contributed by atoms with Crippen LogP contribution in [0.1, 0.15) is 17.5 Å². The SMILES string of the molecule is C[Si](C)(C)CCOCCl.C[Si](C)(C)CCOCn1nc(-c2ccc(Br)cc2)nc1C(F)(F)F.C[Si](C)(C)CCOCn1nc(C(F)(F)F)nc1-c1ccc(Br)cc1.FC(F)(F)c1nc(-c2ccc(Br)cc2)n[nH]1. The van der Waals surface area contributed by atoms with Crippen LogP contribution in [0.2, 0.25) is 77.1 Å². The van der Waals surface area contributed by atoms with Crippen molar-refractivity contribution >= 4 is 83.6 Å². The van der Waals surface area contributed by atoms with Crippen LogP contribution in [-0.4, -0.2) is 94.8 Å². The van der Waals surface area contributed by atoms with E-state index in [-0.39, 0.29) is 30.9 Å². The Balaban J connectivity index is 0.000000271. The van der Waals surface area contributed by atoms with Crippen molar-refractivity contribution in [2.24, 2.45) is 0 Å². The van der Waals surface area contributed by atoms with E-state index in [1.165, 1.54) is 6.04 Å². The van der Waals surface area contributed by atoms with Crippen LogP contribution >= 0.6 is 59.4 Å². The molecule has 0 radical (unpaired) electrons. The summed E-state index contributed by atoms with van der Waals surface area (Å²) in [6, 6.07) is 23.7. The van der Waals surface area contributed by atoms with Gasteiger partial charge in [-0.05, 0) is 54.5 Å². The van der Waals surface area contributed by atoms with Crippen molar-refractivity contribution in [1.82, 2.24) is 44.7 Å². The quantitative estimate of drug-likeness (QED) is 0.0410. The van der Waals surface area contributed by atoms with Crippen molar-refractivity contribution in [3.63, 3.8) is 0 Å². The summed E-state index contributed by atoms with van der Waals surface area (Å²) < 4.78 is 135. The van der Waals surface area contributed by atoms with E-state index in [4.69, 9.17) is 25.8 Å². The minimum absolute atomic E-state index is 0.0276. The Bertz CT molecular complexity index is 2570. The Labute approximate surface area is 452 Å². The lowest BCUT2D eigenvalue weighted by atomic mass is 10.2. The Morgan fingerprint density at radius 3 is 1.30 bits per heavy atom. The van der Waals surface area contributed by atoms with E-state index in [2.05, 4.69) is 137 Å². The molecule has 3 aromatic carbocycles. The van der Waals surface area contributed by atoms with E-state index in [1.54, 1.807) is 72.8 Å².